The number of halogens is 2. The van der Waals surface area contributed by atoms with Crippen LogP contribution in [0.15, 0.2) is 42.5 Å². The number of ether oxygens (including phenoxy) is 2. The van der Waals surface area contributed by atoms with Crippen molar-refractivity contribution in [3.8, 4) is 5.75 Å². The highest BCUT2D eigenvalue weighted by Gasteiger charge is 2.15. The van der Waals surface area contributed by atoms with E-state index >= 15 is 0 Å². The van der Waals surface area contributed by atoms with Crippen LogP contribution in [0.2, 0.25) is 10.0 Å². The number of hydrogen-bond donors (Lipinski definition) is 2. The quantitative estimate of drug-likeness (QED) is 0.388. The molecule has 3 rings (SSSR count). The summed E-state index contributed by atoms with van der Waals surface area (Å²) in [4.78, 5) is 16.4. The third kappa shape index (κ3) is 6.65. The Labute approximate surface area is 198 Å². The summed E-state index contributed by atoms with van der Waals surface area (Å²) >= 11 is 12.1. The van der Waals surface area contributed by atoms with Crippen LogP contribution in [-0.2, 0) is 11.3 Å². The van der Waals surface area contributed by atoms with E-state index in [1.807, 2.05) is 64.1 Å². The van der Waals surface area contributed by atoms with Gasteiger partial charge in [-0.2, -0.15) is 0 Å². The van der Waals surface area contributed by atoms with E-state index in [1.54, 1.807) is 6.07 Å². The number of para-hydroxylation sites is 1. The van der Waals surface area contributed by atoms with E-state index in [9.17, 15) is 4.79 Å². The van der Waals surface area contributed by atoms with Gasteiger partial charge in [-0.3, -0.25) is 0 Å². The van der Waals surface area contributed by atoms with Gasteiger partial charge in [0.25, 0.3) is 0 Å². The second-order valence-corrected chi connectivity index (χ2v) is 9.16. The minimum absolute atomic E-state index is 0.292. The molecule has 0 spiro atoms. The lowest BCUT2D eigenvalue weighted by Crippen LogP contribution is -2.34. The summed E-state index contributed by atoms with van der Waals surface area (Å²) in [5.41, 5.74) is 3.03. The maximum atomic E-state index is 11.8. The molecule has 1 aromatic heterocycles. The molecule has 2 N–H and O–H groups in total. The zero-order chi connectivity index (χ0) is 23.3. The maximum absolute atomic E-state index is 11.8. The molecule has 32 heavy (non-hydrogen) atoms. The van der Waals surface area contributed by atoms with Gasteiger partial charge in [0.2, 0.25) is 0 Å². The van der Waals surface area contributed by atoms with Gasteiger partial charge in [-0.25, -0.2) is 9.78 Å². The number of carbonyl (C=O) groups excluding carboxylic acids is 1. The Kier molecular flexibility index (Phi) is 7.69. The van der Waals surface area contributed by atoms with Crippen molar-refractivity contribution >= 4 is 45.9 Å². The van der Waals surface area contributed by atoms with Crippen LogP contribution in [0.1, 0.15) is 32.0 Å². The predicted octanol–water partition coefficient (Wildman–Crippen LogP) is 6.37. The van der Waals surface area contributed by atoms with E-state index in [1.165, 1.54) is 0 Å². The minimum atomic E-state index is -0.539. The number of amides is 1. The first kappa shape index (κ1) is 24.0. The molecule has 0 radical (unpaired) electrons. The van der Waals surface area contributed by atoms with Crippen molar-refractivity contribution in [3.63, 3.8) is 0 Å². The number of nitrogens with zero attached hydrogens (tertiary/aromatic N) is 1. The molecule has 1 amide bonds. The Morgan fingerprint density at radius 2 is 1.88 bits per heavy atom. The molecule has 0 aliphatic rings. The number of hydrogen-bond acceptors (Lipinski definition) is 5. The topological polar surface area (TPSA) is 72.5 Å². The summed E-state index contributed by atoms with van der Waals surface area (Å²) in [5, 5.41) is 8.13. The lowest BCUT2D eigenvalue weighted by Gasteiger charge is -2.19. The first-order chi connectivity index (χ1) is 15.1. The highest BCUT2D eigenvalue weighted by Crippen LogP contribution is 2.31. The molecule has 0 aliphatic carbocycles. The highest BCUT2D eigenvalue weighted by atomic mass is 35.5. The van der Waals surface area contributed by atoms with Crippen LogP contribution in [0.5, 0.6) is 5.75 Å². The molecule has 3 aromatic rings. The number of pyridine rings is 1. The van der Waals surface area contributed by atoms with Gasteiger partial charge in [0.05, 0.1) is 16.6 Å². The fourth-order valence-electron chi connectivity index (χ4n) is 3.09. The molecule has 6 nitrogen and oxygen atoms in total. The van der Waals surface area contributed by atoms with Crippen molar-refractivity contribution in [1.29, 1.82) is 0 Å². The first-order valence-corrected chi connectivity index (χ1v) is 11.1. The van der Waals surface area contributed by atoms with E-state index < -0.39 is 11.7 Å². The average molecular weight is 476 g/mol. The van der Waals surface area contributed by atoms with Crippen molar-refractivity contribution in [2.45, 2.75) is 39.8 Å². The number of carbonyl (C=O) groups is 1. The van der Waals surface area contributed by atoms with E-state index in [2.05, 4.69) is 15.6 Å². The van der Waals surface area contributed by atoms with E-state index in [-0.39, 0.29) is 0 Å². The van der Waals surface area contributed by atoms with E-state index in [0.29, 0.717) is 35.5 Å². The Balaban J connectivity index is 1.69. The molecule has 0 bridgehead atoms. The van der Waals surface area contributed by atoms with Gasteiger partial charge in [0, 0.05) is 23.3 Å². The summed E-state index contributed by atoms with van der Waals surface area (Å²) < 4.78 is 11.1. The van der Waals surface area contributed by atoms with Crippen LogP contribution >= 0.6 is 23.2 Å². The van der Waals surface area contributed by atoms with Crippen molar-refractivity contribution in [2.75, 3.05) is 18.5 Å². The Bertz CT molecular complexity index is 1110. The number of fused-ring (bicyclic) bond motifs is 1. The van der Waals surface area contributed by atoms with Gasteiger partial charge in [-0.1, -0.05) is 41.4 Å². The van der Waals surface area contributed by atoms with Crippen molar-refractivity contribution in [2.24, 2.45) is 0 Å². The van der Waals surface area contributed by atoms with Gasteiger partial charge in [0.15, 0.2) is 0 Å². The number of rotatable bonds is 7. The Hall–Kier alpha value is -2.70. The third-order valence-electron chi connectivity index (χ3n) is 4.43. The summed E-state index contributed by atoms with van der Waals surface area (Å²) in [6, 6.07) is 13.3. The summed E-state index contributed by atoms with van der Waals surface area (Å²) in [5.74, 6) is 0.648. The van der Waals surface area contributed by atoms with Crippen molar-refractivity contribution in [1.82, 2.24) is 10.3 Å². The number of aromatic nitrogens is 1. The Morgan fingerprint density at radius 3 is 2.59 bits per heavy atom. The van der Waals surface area contributed by atoms with Gasteiger partial charge in [-0.05, 0) is 57.5 Å². The smallest absolute Gasteiger partial charge is 0.407 e. The number of alkyl carbamates (subject to hydrolysis) is 1. The molecular formula is C24H27Cl2N3O3. The number of nitrogens with one attached hydrogen (secondary N) is 2. The second-order valence-electron chi connectivity index (χ2n) is 8.34. The lowest BCUT2D eigenvalue weighted by molar-refractivity contribution is 0.0520. The van der Waals surface area contributed by atoms with E-state index in [4.69, 9.17) is 32.7 Å². The molecule has 0 atom stereocenters. The van der Waals surface area contributed by atoms with Crippen molar-refractivity contribution < 1.29 is 14.3 Å². The van der Waals surface area contributed by atoms with E-state index in [0.717, 1.165) is 27.8 Å². The highest BCUT2D eigenvalue weighted by molar-refractivity contribution is 6.42. The zero-order valence-corrected chi connectivity index (χ0v) is 20.1. The minimum Gasteiger partial charge on any atom is -0.489 e. The van der Waals surface area contributed by atoms with Gasteiger partial charge < -0.3 is 20.1 Å². The molecule has 170 valence electrons. The Morgan fingerprint density at radius 1 is 1.09 bits per heavy atom. The molecule has 0 aliphatic heterocycles. The molecule has 1 heterocycles. The van der Waals surface area contributed by atoms with Crippen LogP contribution in [0, 0.1) is 6.92 Å². The largest absolute Gasteiger partial charge is 0.489 e. The summed E-state index contributed by atoms with van der Waals surface area (Å²) in [6.07, 6.45) is -0.471. The average Bonchev–Trinajstić information content (AvgIpc) is 2.70. The normalized spacial score (nSPS) is 11.3. The summed E-state index contributed by atoms with van der Waals surface area (Å²) in [7, 11) is 0. The lowest BCUT2D eigenvalue weighted by atomic mass is 10.1. The van der Waals surface area contributed by atoms with Gasteiger partial charge >= 0.3 is 6.09 Å². The van der Waals surface area contributed by atoms with Crippen LogP contribution in [0.25, 0.3) is 10.9 Å². The molecule has 0 saturated heterocycles. The van der Waals surface area contributed by atoms with Crippen LogP contribution in [-0.4, -0.2) is 29.8 Å². The number of anilines is 1. The zero-order valence-electron chi connectivity index (χ0n) is 18.6. The monoisotopic (exact) mass is 475 g/mol. The molecule has 0 unspecified atom stereocenters. The summed E-state index contributed by atoms with van der Waals surface area (Å²) in [6.45, 7) is 8.59. The van der Waals surface area contributed by atoms with Crippen molar-refractivity contribution in [3.05, 3.63) is 63.8 Å². The van der Waals surface area contributed by atoms with Crippen LogP contribution in [0.4, 0.5) is 10.5 Å². The van der Waals surface area contributed by atoms with Crippen LogP contribution in [0.3, 0.4) is 0 Å². The number of aryl methyl sites for hydroxylation is 1. The van der Waals surface area contributed by atoms with Gasteiger partial charge in [-0.15, -0.1) is 0 Å². The SMILES string of the molecule is Cc1cc(NCc2ccc(Cl)c(Cl)c2)c2cccc(OCCNC(=O)OC(C)(C)C)c2n1. The molecule has 2 aromatic carbocycles. The third-order valence-corrected chi connectivity index (χ3v) is 5.16. The maximum Gasteiger partial charge on any atom is 0.407 e. The predicted molar refractivity (Wildman–Crippen MR) is 130 cm³/mol. The fourth-order valence-corrected chi connectivity index (χ4v) is 3.41. The fraction of sp³-hybridized carbons (Fsp3) is 0.333. The van der Waals surface area contributed by atoms with Crippen LogP contribution < -0.4 is 15.4 Å². The molecule has 0 saturated carbocycles. The molecular weight excluding hydrogens is 449 g/mol. The second kappa shape index (κ2) is 10.3. The van der Waals surface area contributed by atoms with Gasteiger partial charge in [0.1, 0.15) is 23.5 Å². The first-order valence-electron chi connectivity index (χ1n) is 10.3. The molecule has 0 fully saturated rings. The molecule has 8 heteroatoms. The standard InChI is InChI=1S/C24H27Cl2N3O3/c1-15-12-20(28-14-16-8-9-18(25)19(26)13-16)17-6-5-7-21(22(17)29-15)31-11-10-27-23(30)32-24(2,3)4/h5-9,12-13H,10-11,14H2,1-4H3,(H,27,30)(H,28,29). The number of benzene rings is 2.